The van der Waals surface area contributed by atoms with Crippen LogP contribution >= 0.6 is 0 Å². The number of para-hydroxylation sites is 2. The topological polar surface area (TPSA) is 26.3 Å². The van der Waals surface area contributed by atoms with Crippen molar-refractivity contribution in [1.29, 1.82) is 0 Å². The van der Waals surface area contributed by atoms with Crippen LogP contribution in [0.15, 0.2) is 179 Å². The molecule has 0 N–H and O–H groups in total. The summed E-state index contributed by atoms with van der Waals surface area (Å²) in [5.41, 5.74) is 18.1. The molecule has 0 spiro atoms. The molecule has 2 aromatic heterocycles. The summed E-state index contributed by atoms with van der Waals surface area (Å²) in [5.74, 6) is 0. The van der Waals surface area contributed by atoms with Gasteiger partial charge in [0.1, 0.15) is 22.3 Å². The average Bonchev–Trinajstić information content (AvgIpc) is 3.74. The van der Waals surface area contributed by atoms with Gasteiger partial charge in [-0.25, -0.2) is 0 Å². The number of fused-ring (bicyclic) bond motifs is 14. The smallest absolute Gasteiger partial charge is 0.135 e. The van der Waals surface area contributed by atoms with Crippen molar-refractivity contribution in [2.45, 2.75) is 0 Å². The van der Waals surface area contributed by atoms with E-state index in [-0.39, 0.29) is 0 Å². The molecule has 8 aromatic carbocycles. The summed E-state index contributed by atoms with van der Waals surface area (Å²) in [5, 5.41) is 4.50. The Morgan fingerprint density at radius 1 is 0.240 bits per heavy atom. The lowest BCUT2D eigenvalue weighted by Crippen LogP contribution is -1.99. The second-order valence-electron chi connectivity index (χ2n) is 13.2. The highest BCUT2D eigenvalue weighted by atomic mass is 16.3. The van der Waals surface area contributed by atoms with Crippen molar-refractivity contribution in [3.8, 4) is 66.8 Å². The number of hydrogen-bond acceptors (Lipinski definition) is 2. The van der Waals surface area contributed by atoms with Crippen molar-refractivity contribution < 1.29 is 8.83 Å². The van der Waals surface area contributed by atoms with Crippen LogP contribution in [-0.4, -0.2) is 0 Å². The number of benzene rings is 8. The van der Waals surface area contributed by atoms with Gasteiger partial charge >= 0.3 is 0 Å². The molecule has 0 saturated carbocycles. The quantitative estimate of drug-likeness (QED) is 0.189. The van der Waals surface area contributed by atoms with Crippen LogP contribution in [0.3, 0.4) is 0 Å². The van der Waals surface area contributed by atoms with Gasteiger partial charge in [0, 0.05) is 21.5 Å². The Morgan fingerprint density at radius 3 is 1.22 bits per heavy atom. The Balaban J connectivity index is 1.28. The van der Waals surface area contributed by atoms with E-state index in [1.165, 1.54) is 50.1 Å². The summed E-state index contributed by atoms with van der Waals surface area (Å²) < 4.78 is 12.5. The molecule has 0 fully saturated rings. The maximum atomic E-state index is 6.29. The van der Waals surface area contributed by atoms with E-state index in [1.54, 1.807) is 0 Å². The van der Waals surface area contributed by atoms with E-state index in [4.69, 9.17) is 8.83 Å². The van der Waals surface area contributed by atoms with E-state index in [0.29, 0.717) is 0 Å². The monoisotopic (exact) mass is 636 g/mol. The van der Waals surface area contributed by atoms with Crippen LogP contribution in [0.2, 0.25) is 0 Å². The van der Waals surface area contributed by atoms with Crippen molar-refractivity contribution in [2.24, 2.45) is 0 Å². The van der Waals surface area contributed by atoms with Crippen molar-refractivity contribution in [3.05, 3.63) is 170 Å². The number of rotatable bonds is 2. The van der Waals surface area contributed by atoms with Crippen LogP contribution in [0.1, 0.15) is 0 Å². The van der Waals surface area contributed by atoms with Crippen molar-refractivity contribution in [3.63, 3.8) is 0 Å². The molecule has 0 amide bonds. The van der Waals surface area contributed by atoms with E-state index in [2.05, 4.69) is 146 Å². The largest absolute Gasteiger partial charge is 0.456 e. The average molecular weight is 637 g/mol. The van der Waals surface area contributed by atoms with Crippen molar-refractivity contribution in [1.82, 2.24) is 0 Å². The molecule has 2 nitrogen and oxygen atoms in total. The van der Waals surface area contributed by atoms with Crippen LogP contribution in [0, 0.1) is 0 Å². The van der Waals surface area contributed by atoms with Gasteiger partial charge in [-0.3, -0.25) is 0 Å². The van der Waals surface area contributed by atoms with Crippen LogP contribution in [-0.2, 0) is 0 Å². The van der Waals surface area contributed by atoms with E-state index in [1.807, 2.05) is 24.3 Å². The molecule has 1 aliphatic carbocycles. The van der Waals surface area contributed by atoms with Crippen LogP contribution in [0.4, 0.5) is 0 Å². The Bertz CT molecular complexity index is 2990. The van der Waals surface area contributed by atoms with Crippen LogP contribution in [0.25, 0.3) is 111 Å². The first-order valence-corrected chi connectivity index (χ1v) is 17.1. The predicted molar refractivity (Wildman–Crippen MR) is 207 cm³/mol. The lowest BCUT2D eigenvalue weighted by atomic mass is 9.77. The third-order valence-corrected chi connectivity index (χ3v) is 10.5. The van der Waals surface area contributed by atoms with Gasteiger partial charge in [-0.1, -0.05) is 121 Å². The molecular formula is C48H28O2. The van der Waals surface area contributed by atoms with E-state index in [9.17, 15) is 0 Å². The molecular weight excluding hydrogens is 609 g/mol. The highest BCUT2D eigenvalue weighted by Crippen LogP contribution is 2.52. The molecule has 0 aliphatic heterocycles. The summed E-state index contributed by atoms with van der Waals surface area (Å²) >= 11 is 0. The van der Waals surface area contributed by atoms with Gasteiger partial charge in [-0.15, -0.1) is 0 Å². The highest BCUT2D eigenvalue weighted by Gasteiger charge is 2.25. The zero-order valence-corrected chi connectivity index (χ0v) is 27.0. The van der Waals surface area contributed by atoms with Crippen LogP contribution < -0.4 is 0 Å². The zero-order valence-electron chi connectivity index (χ0n) is 27.0. The van der Waals surface area contributed by atoms with Crippen molar-refractivity contribution >= 4 is 43.9 Å². The SMILES string of the molecule is c1ccc2c(c1)-c1ccccc1-c1cc(-c3ccc4oc5ccccc5c4c3)cc(-c3ccc4oc5ccccc5c4c3)c1-c1ccccc1-2. The maximum Gasteiger partial charge on any atom is 0.135 e. The molecule has 2 heterocycles. The summed E-state index contributed by atoms with van der Waals surface area (Å²) in [6, 6.07) is 61.2. The second-order valence-corrected chi connectivity index (χ2v) is 13.2. The molecule has 232 valence electrons. The van der Waals surface area contributed by atoms with Gasteiger partial charge in [0.05, 0.1) is 0 Å². The number of furan rings is 2. The first-order valence-electron chi connectivity index (χ1n) is 17.1. The molecule has 0 bridgehead atoms. The summed E-state index contributed by atoms with van der Waals surface area (Å²) in [4.78, 5) is 0. The summed E-state index contributed by atoms with van der Waals surface area (Å²) in [6.07, 6.45) is 0. The van der Waals surface area contributed by atoms with Crippen LogP contribution in [0.5, 0.6) is 0 Å². The Kier molecular flexibility index (Phi) is 5.70. The first kappa shape index (κ1) is 27.3. The van der Waals surface area contributed by atoms with E-state index < -0.39 is 0 Å². The molecule has 0 radical (unpaired) electrons. The van der Waals surface area contributed by atoms with Gasteiger partial charge in [-0.05, 0) is 115 Å². The predicted octanol–water partition coefficient (Wildman–Crippen LogP) is 13.8. The third kappa shape index (κ3) is 3.96. The fourth-order valence-electron chi connectivity index (χ4n) is 8.18. The summed E-state index contributed by atoms with van der Waals surface area (Å²) in [6.45, 7) is 0. The second kappa shape index (κ2) is 10.4. The van der Waals surface area contributed by atoms with E-state index >= 15 is 0 Å². The standard InChI is InChI=1S/C48H28O2/c1-2-12-33-32(11-1)34-13-3-4-15-36(34)43-28-31(29-21-23-46-41(25-29)37-16-7-9-19-44(37)49-46)27-40(48(43)39-18-6-5-14-35(33)39)30-22-24-47-42(26-30)38-17-8-10-20-45(38)50-47/h1-28H. The fourth-order valence-corrected chi connectivity index (χ4v) is 8.18. The molecule has 0 saturated heterocycles. The highest BCUT2D eigenvalue weighted by molar-refractivity contribution is 6.11. The normalized spacial score (nSPS) is 12.0. The molecule has 50 heavy (non-hydrogen) atoms. The van der Waals surface area contributed by atoms with Gasteiger partial charge in [0.15, 0.2) is 0 Å². The molecule has 0 atom stereocenters. The Morgan fingerprint density at radius 2 is 0.640 bits per heavy atom. The van der Waals surface area contributed by atoms with Crippen molar-refractivity contribution in [2.75, 3.05) is 0 Å². The Hall–Kier alpha value is -6.64. The van der Waals surface area contributed by atoms with Gasteiger partial charge < -0.3 is 8.83 Å². The third-order valence-electron chi connectivity index (χ3n) is 10.5. The molecule has 2 heteroatoms. The first-order chi connectivity index (χ1) is 24.8. The lowest BCUT2D eigenvalue weighted by molar-refractivity contribution is 0.668. The maximum absolute atomic E-state index is 6.29. The lowest BCUT2D eigenvalue weighted by Gasteiger charge is -2.26. The minimum atomic E-state index is 0.894. The zero-order chi connectivity index (χ0) is 32.8. The summed E-state index contributed by atoms with van der Waals surface area (Å²) in [7, 11) is 0. The van der Waals surface area contributed by atoms with Gasteiger partial charge in [0.2, 0.25) is 0 Å². The van der Waals surface area contributed by atoms with E-state index in [0.717, 1.165) is 60.6 Å². The molecule has 1 aliphatic rings. The minimum absolute atomic E-state index is 0.894. The van der Waals surface area contributed by atoms with Gasteiger partial charge in [0.25, 0.3) is 0 Å². The fraction of sp³-hybridized carbons (Fsp3) is 0. The molecule has 11 rings (SSSR count). The molecule has 10 aromatic rings. The number of hydrogen-bond donors (Lipinski definition) is 0. The minimum Gasteiger partial charge on any atom is -0.456 e. The Labute approximate surface area is 288 Å². The van der Waals surface area contributed by atoms with Gasteiger partial charge in [-0.2, -0.15) is 0 Å². The molecule has 0 unspecified atom stereocenters.